The van der Waals surface area contributed by atoms with Crippen LogP contribution < -0.4 is 5.56 Å². The Morgan fingerprint density at radius 2 is 1.96 bits per heavy atom. The Kier molecular flexibility index (Phi) is 3.41. The molecule has 0 saturated heterocycles. The first-order valence-corrected chi connectivity index (χ1v) is 7.30. The fourth-order valence-electron chi connectivity index (χ4n) is 3.08. The minimum absolute atomic E-state index is 0.0992. The van der Waals surface area contributed by atoms with Crippen molar-refractivity contribution in [2.24, 2.45) is 5.41 Å². The summed E-state index contributed by atoms with van der Waals surface area (Å²) in [5.41, 5.74) is 0.322. The van der Waals surface area contributed by atoms with Crippen molar-refractivity contribution < 1.29 is 9.18 Å². The Morgan fingerprint density at radius 1 is 1.22 bits per heavy atom. The van der Waals surface area contributed by atoms with E-state index in [-0.39, 0.29) is 16.8 Å². The van der Waals surface area contributed by atoms with Gasteiger partial charge in [-0.2, -0.15) is 5.26 Å². The summed E-state index contributed by atoms with van der Waals surface area (Å²) in [6.07, 6.45) is 0.859. The van der Waals surface area contributed by atoms with Crippen LogP contribution in [0.2, 0.25) is 0 Å². The number of carbonyl (C=O) groups excluding carboxylic acids is 1. The Hall–Kier alpha value is -2.74. The van der Waals surface area contributed by atoms with Crippen molar-refractivity contribution in [1.29, 1.82) is 5.26 Å². The van der Waals surface area contributed by atoms with E-state index >= 15 is 0 Å². The van der Waals surface area contributed by atoms with Gasteiger partial charge in [0.05, 0.1) is 5.69 Å². The van der Waals surface area contributed by atoms with E-state index in [9.17, 15) is 19.2 Å². The molecule has 0 radical (unpaired) electrons. The van der Waals surface area contributed by atoms with E-state index in [4.69, 9.17) is 0 Å². The molecule has 3 rings (SSSR count). The maximum absolute atomic E-state index is 13.6. The number of benzene rings is 1. The number of rotatable bonds is 1. The van der Waals surface area contributed by atoms with E-state index < -0.39 is 11.4 Å². The highest BCUT2D eigenvalue weighted by Gasteiger charge is 2.34. The lowest BCUT2D eigenvalue weighted by Gasteiger charge is -2.32. The summed E-state index contributed by atoms with van der Waals surface area (Å²) in [6, 6.07) is 8.80. The lowest BCUT2D eigenvalue weighted by molar-refractivity contribution is 0.0909. The molecule has 1 aliphatic rings. The third kappa shape index (κ3) is 2.57. The SMILES string of the molecule is CC1(C)CC(=O)c2cc(C#N)c(=O)n(-c3cccc(F)c3)c2C1. The monoisotopic (exact) mass is 310 g/mol. The number of fused-ring (bicyclic) bond motifs is 1. The van der Waals surface area contributed by atoms with Gasteiger partial charge in [0.25, 0.3) is 5.56 Å². The summed E-state index contributed by atoms with van der Waals surface area (Å²) in [6.45, 7) is 3.90. The normalized spacial score (nSPS) is 15.8. The number of nitrogens with zero attached hydrogens (tertiary/aromatic N) is 2. The predicted molar refractivity (Wildman–Crippen MR) is 83.1 cm³/mol. The second-order valence-electron chi connectivity index (χ2n) is 6.59. The highest BCUT2D eigenvalue weighted by Crippen LogP contribution is 2.35. The lowest BCUT2D eigenvalue weighted by Crippen LogP contribution is -2.35. The maximum atomic E-state index is 13.6. The number of aromatic nitrogens is 1. The maximum Gasteiger partial charge on any atom is 0.273 e. The molecule has 0 atom stereocenters. The first kappa shape index (κ1) is 15.2. The van der Waals surface area contributed by atoms with E-state index in [2.05, 4.69) is 0 Å². The molecule has 2 aromatic rings. The molecule has 0 spiro atoms. The van der Waals surface area contributed by atoms with Crippen LogP contribution in [0.4, 0.5) is 4.39 Å². The Labute approximate surface area is 132 Å². The van der Waals surface area contributed by atoms with Crippen LogP contribution in [-0.4, -0.2) is 10.4 Å². The second kappa shape index (κ2) is 5.17. The van der Waals surface area contributed by atoms with Gasteiger partial charge in [-0.05, 0) is 36.1 Å². The molecule has 5 heteroatoms. The average Bonchev–Trinajstić information content (AvgIpc) is 2.45. The van der Waals surface area contributed by atoms with Gasteiger partial charge in [-0.25, -0.2) is 4.39 Å². The molecule has 1 aliphatic carbocycles. The Morgan fingerprint density at radius 3 is 2.61 bits per heavy atom. The van der Waals surface area contributed by atoms with E-state index in [1.54, 1.807) is 6.07 Å². The van der Waals surface area contributed by atoms with Crippen LogP contribution in [-0.2, 0) is 6.42 Å². The zero-order valence-corrected chi connectivity index (χ0v) is 12.9. The largest absolute Gasteiger partial charge is 0.294 e. The van der Waals surface area contributed by atoms with E-state index in [1.807, 2.05) is 19.9 Å². The highest BCUT2D eigenvalue weighted by atomic mass is 19.1. The number of ketones is 1. The van der Waals surface area contributed by atoms with Gasteiger partial charge < -0.3 is 0 Å². The minimum Gasteiger partial charge on any atom is -0.294 e. The molecular weight excluding hydrogens is 295 g/mol. The summed E-state index contributed by atoms with van der Waals surface area (Å²) in [7, 11) is 0. The van der Waals surface area contributed by atoms with E-state index in [0.717, 1.165) is 0 Å². The highest BCUT2D eigenvalue weighted by molar-refractivity contribution is 5.99. The van der Waals surface area contributed by atoms with Crippen LogP contribution in [0, 0.1) is 22.6 Å². The minimum atomic E-state index is -0.526. The van der Waals surface area contributed by atoms with Crippen LogP contribution in [0.25, 0.3) is 5.69 Å². The Bertz CT molecular complexity index is 920. The van der Waals surface area contributed by atoms with Crippen molar-refractivity contribution in [2.45, 2.75) is 26.7 Å². The molecule has 0 N–H and O–H groups in total. The molecule has 23 heavy (non-hydrogen) atoms. The fourth-order valence-corrected chi connectivity index (χ4v) is 3.08. The van der Waals surface area contributed by atoms with E-state index in [0.29, 0.717) is 29.8 Å². The third-order valence-corrected chi connectivity index (χ3v) is 4.08. The first-order valence-electron chi connectivity index (χ1n) is 7.30. The Balaban J connectivity index is 2.39. The molecule has 1 aromatic heterocycles. The smallest absolute Gasteiger partial charge is 0.273 e. The van der Waals surface area contributed by atoms with E-state index in [1.165, 1.54) is 28.8 Å². The zero-order valence-electron chi connectivity index (χ0n) is 12.9. The van der Waals surface area contributed by atoms with Crippen LogP contribution in [0.15, 0.2) is 35.1 Å². The summed E-state index contributed by atoms with van der Waals surface area (Å²) in [5, 5.41) is 9.19. The summed E-state index contributed by atoms with van der Waals surface area (Å²) in [5.74, 6) is -0.579. The van der Waals surface area contributed by atoms with Gasteiger partial charge >= 0.3 is 0 Å². The zero-order chi connectivity index (χ0) is 16.8. The molecule has 0 unspecified atom stereocenters. The number of carbonyl (C=O) groups is 1. The van der Waals surface area contributed by atoms with Crippen molar-refractivity contribution in [3.05, 3.63) is 63.3 Å². The van der Waals surface area contributed by atoms with Gasteiger partial charge in [-0.1, -0.05) is 19.9 Å². The van der Waals surface area contributed by atoms with Crippen molar-refractivity contribution in [1.82, 2.24) is 4.57 Å². The molecule has 4 nitrogen and oxygen atoms in total. The van der Waals surface area contributed by atoms with Gasteiger partial charge in [0.15, 0.2) is 5.78 Å². The van der Waals surface area contributed by atoms with Gasteiger partial charge in [0.1, 0.15) is 17.4 Å². The number of pyridine rings is 1. The molecule has 0 saturated carbocycles. The number of Topliss-reactive ketones (excluding diaryl/α,β-unsaturated/α-hetero) is 1. The van der Waals surface area contributed by atoms with Crippen molar-refractivity contribution in [3.8, 4) is 11.8 Å². The number of hydrogen-bond donors (Lipinski definition) is 0. The van der Waals surface area contributed by atoms with Crippen molar-refractivity contribution in [3.63, 3.8) is 0 Å². The van der Waals surface area contributed by atoms with Gasteiger partial charge in [-0.15, -0.1) is 0 Å². The average molecular weight is 310 g/mol. The van der Waals surface area contributed by atoms with Crippen molar-refractivity contribution in [2.75, 3.05) is 0 Å². The molecule has 0 aliphatic heterocycles. The first-order chi connectivity index (χ1) is 10.8. The lowest BCUT2D eigenvalue weighted by atomic mass is 9.75. The molecule has 1 aromatic carbocycles. The number of hydrogen-bond acceptors (Lipinski definition) is 3. The molecule has 1 heterocycles. The fraction of sp³-hybridized carbons (Fsp3) is 0.278. The number of nitriles is 1. The van der Waals surface area contributed by atoms with Crippen LogP contribution in [0.3, 0.4) is 0 Å². The van der Waals surface area contributed by atoms with Crippen LogP contribution in [0.1, 0.15) is 41.9 Å². The topological polar surface area (TPSA) is 62.9 Å². The number of halogens is 1. The second-order valence-corrected chi connectivity index (χ2v) is 6.59. The van der Waals surface area contributed by atoms with Crippen LogP contribution in [0.5, 0.6) is 0 Å². The standard InChI is InChI=1S/C18H15FN2O2/c1-18(2)8-15-14(16(22)9-18)6-11(10-20)17(23)21(15)13-5-3-4-12(19)7-13/h3-7H,8-9H2,1-2H3. The molecule has 116 valence electrons. The molecule has 0 fully saturated rings. The van der Waals surface area contributed by atoms with Crippen LogP contribution >= 0.6 is 0 Å². The molecule has 0 amide bonds. The van der Waals surface area contributed by atoms with Gasteiger partial charge in [-0.3, -0.25) is 14.2 Å². The molecule has 0 bridgehead atoms. The summed E-state index contributed by atoms with van der Waals surface area (Å²) < 4.78 is 14.9. The quantitative estimate of drug-likeness (QED) is 0.813. The van der Waals surface area contributed by atoms with Gasteiger partial charge in [0, 0.05) is 17.7 Å². The third-order valence-electron chi connectivity index (χ3n) is 4.08. The summed E-state index contributed by atoms with van der Waals surface area (Å²) in [4.78, 5) is 25.0. The summed E-state index contributed by atoms with van der Waals surface area (Å²) >= 11 is 0. The van der Waals surface area contributed by atoms with Crippen molar-refractivity contribution >= 4 is 5.78 Å². The van der Waals surface area contributed by atoms with Gasteiger partial charge in [0.2, 0.25) is 0 Å². The molecular formula is C18H15FN2O2. The predicted octanol–water partition coefficient (Wildman–Crippen LogP) is 3.00.